The van der Waals surface area contributed by atoms with Crippen LogP contribution in [0.3, 0.4) is 0 Å². The van der Waals surface area contributed by atoms with E-state index >= 15 is 0 Å². The lowest BCUT2D eigenvalue weighted by molar-refractivity contribution is -0.777. The van der Waals surface area contributed by atoms with E-state index in [0.717, 1.165) is 0 Å². The van der Waals surface area contributed by atoms with Gasteiger partial charge in [-0.2, -0.15) is 17.5 Å². The van der Waals surface area contributed by atoms with Crippen LogP contribution in [0.1, 0.15) is 25.7 Å². The lowest BCUT2D eigenvalue weighted by Crippen LogP contribution is -2.30. The molecule has 1 aliphatic rings. The Kier molecular flexibility index (Phi) is 4.49. The van der Waals surface area contributed by atoms with E-state index in [-0.39, 0.29) is 18.1 Å². The summed E-state index contributed by atoms with van der Waals surface area (Å²) in [6, 6.07) is 0. The molecule has 0 heterocycles. The molecule has 0 aromatic heterocycles. The molecule has 0 spiro atoms. The smallest absolute Gasteiger partial charge is 0.391 e. The Balaban J connectivity index is 2.36. The van der Waals surface area contributed by atoms with Crippen molar-refractivity contribution in [2.24, 2.45) is 5.92 Å². The van der Waals surface area contributed by atoms with Crippen molar-refractivity contribution in [2.45, 2.75) is 37.1 Å². The first-order chi connectivity index (χ1) is 6.54. The molecule has 1 aliphatic carbocycles. The first-order valence-electron chi connectivity index (χ1n) is 4.22. The van der Waals surface area contributed by atoms with Gasteiger partial charge in [-0.15, -0.1) is 0 Å². The second-order valence-electron chi connectivity index (χ2n) is 3.26. The van der Waals surface area contributed by atoms with Crippen molar-refractivity contribution in [3.8, 4) is 0 Å². The molecule has 0 aliphatic heterocycles. The van der Waals surface area contributed by atoms with Gasteiger partial charge >= 0.3 is 6.18 Å². The average molecular weight is 231 g/mol. The van der Waals surface area contributed by atoms with E-state index in [1.165, 1.54) is 0 Å². The second kappa shape index (κ2) is 5.20. The van der Waals surface area contributed by atoms with Crippen LogP contribution < -0.4 is 5.26 Å². The fourth-order valence-electron chi connectivity index (χ4n) is 1.60. The fourth-order valence-corrected chi connectivity index (χ4v) is 2.32. The number of alkyl halides is 3. The zero-order valence-corrected chi connectivity index (χ0v) is 8.07. The minimum absolute atomic E-state index is 0.00245. The molecule has 0 aromatic rings. The van der Waals surface area contributed by atoms with Gasteiger partial charge in [0.25, 0.3) is 0 Å². The molecule has 2 unspecified atom stereocenters. The zero-order chi connectivity index (χ0) is 10.6. The summed E-state index contributed by atoms with van der Waals surface area (Å²) >= 11 is 0.682. The van der Waals surface area contributed by atoms with E-state index in [1.54, 1.807) is 0 Å². The molecule has 1 rings (SSSR count). The van der Waals surface area contributed by atoms with Crippen LogP contribution in [0.2, 0.25) is 0 Å². The predicted molar refractivity (Wildman–Crippen MR) is 41.6 cm³/mol. The molecule has 1 fully saturated rings. The number of hydrogen-bond acceptors (Lipinski definition) is 4. The van der Waals surface area contributed by atoms with Gasteiger partial charge in [0.15, 0.2) is 0 Å². The summed E-state index contributed by atoms with van der Waals surface area (Å²) < 4.78 is 40.9. The van der Waals surface area contributed by atoms with Gasteiger partial charge < -0.3 is 5.26 Å². The van der Waals surface area contributed by atoms with Crippen molar-refractivity contribution < 1.29 is 27.8 Å². The minimum Gasteiger partial charge on any atom is -0.691 e. The number of hydrogen-bond donors (Lipinski definition) is 0. The maximum absolute atomic E-state index is 12.3. The Morgan fingerprint density at radius 3 is 2.57 bits per heavy atom. The molecular formula is C7H10F3O3S-. The summed E-state index contributed by atoms with van der Waals surface area (Å²) in [5.41, 5.74) is 0. The van der Waals surface area contributed by atoms with Gasteiger partial charge in [-0.1, -0.05) is 6.42 Å². The van der Waals surface area contributed by atoms with Crippen LogP contribution in [0.25, 0.3) is 0 Å². The Hall–Kier alpha value is 0.0200. The molecule has 0 amide bonds. The van der Waals surface area contributed by atoms with E-state index in [4.69, 9.17) is 0 Å². The maximum Gasteiger partial charge on any atom is 0.391 e. The SMILES string of the molecule is [O-]OOSC1CCCC(C(F)(F)F)C1. The first-order valence-corrected chi connectivity index (χ1v) is 5.03. The van der Waals surface area contributed by atoms with Crippen molar-refractivity contribution in [2.75, 3.05) is 0 Å². The maximum atomic E-state index is 12.3. The summed E-state index contributed by atoms with van der Waals surface area (Å²) in [7, 11) is 0. The van der Waals surface area contributed by atoms with Crippen LogP contribution in [-0.4, -0.2) is 11.4 Å². The minimum atomic E-state index is -4.14. The standard InChI is InChI=1S/C7H11F3O3S/c8-7(9,10)5-2-1-3-6(4-5)14-13-12-11/h5-6,11H,1-4H2/p-1. The highest BCUT2D eigenvalue weighted by atomic mass is 32.2. The largest absolute Gasteiger partial charge is 0.691 e. The van der Waals surface area contributed by atoms with Crippen LogP contribution in [0, 0.1) is 5.92 Å². The third-order valence-electron chi connectivity index (χ3n) is 2.29. The van der Waals surface area contributed by atoms with Crippen LogP contribution in [0.15, 0.2) is 0 Å². The van der Waals surface area contributed by atoms with Crippen LogP contribution >= 0.6 is 12.0 Å². The highest BCUT2D eigenvalue weighted by Gasteiger charge is 2.42. The molecule has 0 radical (unpaired) electrons. The Morgan fingerprint density at radius 1 is 1.29 bits per heavy atom. The molecular weight excluding hydrogens is 221 g/mol. The van der Waals surface area contributed by atoms with Crippen LogP contribution in [0.4, 0.5) is 13.2 Å². The monoisotopic (exact) mass is 231 g/mol. The topological polar surface area (TPSA) is 41.5 Å². The molecule has 84 valence electrons. The molecule has 14 heavy (non-hydrogen) atoms. The summed E-state index contributed by atoms with van der Waals surface area (Å²) in [6.07, 6.45) is -2.85. The van der Waals surface area contributed by atoms with Crippen molar-refractivity contribution in [1.29, 1.82) is 0 Å². The van der Waals surface area contributed by atoms with E-state index in [1.807, 2.05) is 0 Å². The Morgan fingerprint density at radius 2 is 2.00 bits per heavy atom. The second-order valence-corrected chi connectivity index (χ2v) is 4.25. The van der Waals surface area contributed by atoms with Gasteiger partial charge in [0.05, 0.1) is 5.92 Å². The summed E-state index contributed by atoms with van der Waals surface area (Å²) in [5, 5.41) is 12.3. The highest BCUT2D eigenvalue weighted by molar-refractivity contribution is 7.95. The zero-order valence-electron chi connectivity index (χ0n) is 7.25. The molecule has 3 nitrogen and oxygen atoms in total. The Bertz CT molecular complexity index is 176. The number of halogens is 3. The van der Waals surface area contributed by atoms with Gasteiger partial charge in [-0.05, 0) is 19.3 Å². The molecule has 2 atom stereocenters. The summed E-state index contributed by atoms with van der Waals surface area (Å²) in [4.78, 5) is 0. The normalized spacial score (nSPS) is 29.1. The summed E-state index contributed by atoms with van der Waals surface area (Å²) in [6.45, 7) is 0. The van der Waals surface area contributed by atoms with E-state index in [9.17, 15) is 18.4 Å². The van der Waals surface area contributed by atoms with Crippen LogP contribution in [-0.2, 0) is 9.37 Å². The molecule has 0 N–H and O–H groups in total. The van der Waals surface area contributed by atoms with Crippen molar-refractivity contribution >= 4 is 12.0 Å². The van der Waals surface area contributed by atoms with Crippen molar-refractivity contribution in [3.63, 3.8) is 0 Å². The van der Waals surface area contributed by atoms with Gasteiger partial charge in [-0.25, -0.2) is 0 Å². The average Bonchev–Trinajstić information content (AvgIpc) is 2.14. The predicted octanol–water partition coefficient (Wildman–Crippen LogP) is 1.98. The van der Waals surface area contributed by atoms with Crippen molar-refractivity contribution in [1.82, 2.24) is 0 Å². The molecule has 7 heteroatoms. The van der Waals surface area contributed by atoms with Gasteiger partial charge in [0, 0.05) is 17.3 Å². The Labute approximate surface area is 83.6 Å². The van der Waals surface area contributed by atoms with Gasteiger partial charge in [0.1, 0.15) is 0 Å². The van der Waals surface area contributed by atoms with Crippen molar-refractivity contribution in [3.05, 3.63) is 0 Å². The third kappa shape index (κ3) is 3.64. The molecule has 0 saturated heterocycles. The number of rotatable bonds is 3. The molecule has 0 bridgehead atoms. The molecule has 0 aromatic carbocycles. The van der Waals surface area contributed by atoms with E-state index in [0.29, 0.717) is 24.9 Å². The van der Waals surface area contributed by atoms with Gasteiger partial charge in [0.2, 0.25) is 0 Å². The molecule has 1 saturated carbocycles. The quantitative estimate of drug-likeness (QED) is 0.423. The lowest BCUT2D eigenvalue weighted by atomic mass is 9.88. The van der Waals surface area contributed by atoms with E-state index in [2.05, 4.69) is 9.37 Å². The highest BCUT2D eigenvalue weighted by Crippen LogP contribution is 2.41. The third-order valence-corrected chi connectivity index (χ3v) is 3.13. The lowest BCUT2D eigenvalue weighted by Gasteiger charge is -2.29. The van der Waals surface area contributed by atoms with Crippen LogP contribution in [0.5, 0.6) is 0 Å². The summed E-state index contributed by atoms with van der Waals surface area (Å²) in [5.74, 6) is -1.27. The fraction of sp³-hybridized carbons (Fsp3) is 1.00. The first kappa shape index (κ1) is 12.1. The van der Waals surface area contributed by atoms with Gasteiger partial charge in [-0.3, -0.25) is 5.04 Å². The van der Waals surface area contributed by atoms with E-state index < -0.39 is 12.1 Å².